The van der Waals surface area contributed by atoms with Gasteiger partial charge in [0.25, 0.3) is 0 Å². The molecule has 6 heteroatoms. The van der Waals surface area contributed by atoms with E-state index in [0.29, 0.717) is 16.9 Å². The van der Waals surface area contributed by atoms with Crippen molar-refractivity contribution in [2.75, 3.05) is 12.0 Å². The van der Waals surface area contributed by atoms with Gasteiger partial charge in [-0.2, -0.15) is 10.5 Å². The Bertz CT molecular complexity index is 1300. The molecule has 3 heterocycles. The molecule has 160 valence electrons. The van der Waals surface area contributed by atoms with Crippen LogP contribution in [0.25, 0.3) is 6.08 Å². The number of Topliss-reactive ketones (excluding diaryl/α,β-unsaturated/α-hetero) is 1. The van der Waals surface area contributed by atoms with Crippen LogP contribution in [0.4, 0.5) is 5.69 Å². The van der Waals surface area contributed by atoms with Gasteiger partial charge >= 0.3 is 0 Å². The summed E-state index contributed by atoms with van der Waals surface area (Å²) in [5.74, 6) is -0.208. The maximum absolute atomic E-state index is 14.1. The van der Waals surface area contributed by atoms with Crippen molar-refractivity contribution >= 4 is 17.5 Å². The van der Waals surface area contributed by atoms with Gasteiger partial charge in [-0.05, 0) is 47.5 Å². The van der Waals surface area contributed by atoms with Gasteiger partial charge in [-0.15, -0.1) is 0 Å². The number of methoxy groups -OCH3 is 1. The maximum Gasteiger partial charge on any atom is 0.185 e. The van der Waals surface area contributed by atoms with Gasteiger partial charge in [-0.25, -0.2) is 0 Å². The number of rotatable bonds is 4. The molecule has 1 saturated heterocycles. The van der Waals surface area contributed by atoms with Gasteiger partial charge < -0.3 is 9.64 Å². The second kappa shape index (κ2) is 7.93. The average molecular weight is 432 g/mol. The highest BCUT2D eigenvalue weighted by Gasteiger charge is 2.63. The number of aromatic nitrogens is 1. The van der Waals surface area contributed by atoms with Crippen LogP contribution >= 0.6 is 0 Å². The molecule has 0 N–H and O–H groups in total. The minimum atomic E-state index is -1.47. The summed E-state index contributed by atoms with van der Waals surface area (Å²) in [4.78, 5) is 20.3. The third-order valence-corrected chi connectivity index (χ3v) is 6.60. The Kier molecular flexibility index (Phi) is 4.92. The van der Waals surface area contributed by atoms with E-state index in [4.69, 9.17) is 4.74 Å². The van der Waals surface area contributed by atoms with Gasteiger partial charge in [0, 0.05) is 29.6 Å². The largest absolute Gasteiger partial charge is 0.497 e. The minimum Gasteiger partial charge on any atom is -0.497 e. The Hall–Kier alpha value is -4.42. The molecule has 3 atom stereocenters. The SMILES string of the molecule is COc1ccc(C(=O)[C@@H]2[C@@H](c3cccnc3)C(C#N)(C#N)[C@H]3C=Cc4ccccc4N23)cc1. The first-order valence-electron chi connectivity index (χ1n) is 10.6. The van der Waals surface area contributed by atoms with Gasteiger partial charge in [0.15, 0.2) is 11.2 Å². The smallest absolute Gasteiger partial charge is 0.185 e. The third-order valence-electron chi connectivity index (χ3n) is 6.60. The number of hydrogen-bond acceptors (Lipinski definition) is 6. The van der Waals surface area contributed by atoms with E-state index in [9.17, 15) is 15.3 Å². The number of hydrogen-bond donors (Lipinski definition) is 0. The van der Waals surface area contributed by atoms with Crippen molar-refractivity contribution < 1.29 is 9.53 Å². The molecule has 5 rings (SSSR count). The van der Waals surface area contributed by atoms with E-state index in [2.05, 4.69) is 17.1 Å². The Morgan fingerprint density at radius 1 is 1.06 bits per heavy atom. The standard InChI is InChI=1S/C27H20N4O2/c1-33-21-11-8-19(9-12-21)26(32)25-24(20-6-4-14-30-15-20)27(16-28,17-29)23-13-10-18-5-2-3-7-22(18)31(23)25/h2-15,23-25H,1H3/t23-,24-,25+/m1/s1. The van der Waals surface area contributed by atoms with Crippen LogP contribution in [-0.2, 0) is 0 Å². The Morgan fingerprint density at radius 2 is 1.82 bits per heavy atom. The van der Waals surface area contributed by atoms with Crippen molar-refractivity contribution in [3.8, 4) is 17.9 Å². The van der Waals surface area contributed by atoms with E-state index in [1.54, 1.807) is 49.8 Å². The molecule has 1 aromatic heterocycles. The summed E-state index contributed by atoms with van der Waals surface area (Å²) >= 11 is 0. The molecule has 0 aliphatic carbocycles. The normalized spacial score (nSPS) is 21.9. The van der Waals surface area contributed by atoms with Gasteiger partial charge in [-0.1, -0.05) is 36.4 Å². The predicted octanol–water partition coefficient (Wildman–Crippen LogP) is 4.37. The number of anilines is 1. The van der Waals surface area contributed by atoms with E-state index in [1.807, 2.05) is 47.4 Å². The molecule has 2 aliphatic rings. The molecule has 3 aromatic rings. The van der Waals surface area contributed by atoms with Gasteiger partial charge in [0.2, 0.25) is 0 Å². The number of nitrogens with zero attached hydrogens (tertiary/aromatic N) is 4. The number of ketones is 1. The van der Waals surface area contributed by atoms with Crippen molar-refractivity contribution in [3.05, 3.63) is 95.8 Å². The number of carbonyl (C=O) groups is 1. The summed E-state index contributed by atoms with van der Waals surface area (Å²) in [6.07, 6.45) is 7.10. The van der Waals surface area contributed by atoms with E-state index < -0.39 is 23.4 Å². The van der Waals surface area contributed by atoms with E-state index >= 15 is 0 Å². The highest BCUT2D eigenvalue weighted by atomic mass is 16.5. The first-order chi connectivity index (χ1) is 16.1. The number of benzene rings is 2. The van der Waals surface area contributed by atoms with E-state index in [1.165, 1.54) is 0 Å². The molecular weight excluding hydrogens is 412 g/mol. The van der Waals surface area contributed by atoms with E-state index in [0.717, 1.165) is 11.3 Å². The fourth-order valence-electron chi connectivity index (χ4n) is 5.09. The molecule has 0 saturated carbocycles. The fraction of sp³-hybridized carbons (Fsp3) is 0.185. The second-order valence-corrected chi connectivity index (χ2v) is 8.16. The highest BCUT2D eigenvalue weighted by molar-refractivity contribution is 6.04. The maximum atomic E-state index is 14.1. The minimum absolute atomic E-state index is 0.158. The summed E-state index contributed by atoms with van der Waals surface area (Å²) < 4.78 is 5.24. The zero-order valence-electron chi connectivity index (χ0n) is 17.9. The first kappa shape index (κ1) is 20.5. The summed E-state index contributed by atoms with van der Waals surface area (Å²) in [6, 6.07) is 21.5. The van der Waals surface area contributed by atoms with Gasteiger partial charge in [0.1, 0.15) is 11.8 Å². The van der Waals surface area contributed by atoms with Crippen molar-refractivity contribution in [3.63, 3.8) is 0 Å². The summed E-state index contributed by atoms with van der Waals surface area (Å²) in [7, 11) is 1.57. The number of ether oxygens (including phenoxy) is 1. The van der Waals surface area contributed by atoms with Crippen molar-refractivity contribution in [2.45, 2.75) is 18.0 Å². The lowest BCUT2D eigenvalue weighted by Gasteiger charge is -2.35. The van der Waals surface area contributed by atoms with Crippen LogP contribution in [0.1, 0.15) is 27.4 Å². The quantitative estimate of drug-likeness (QED) is 0.569. The highest BCUT2D eigenvalue weighted by Crippen LogP contribution is 2.55. The van der Waals surface area contributed by atoms with Crippen LogP contribution in [0, 0.1) is 28.1 Å². The van der Waals surface area contributed by atoms with Crippen LogP contribution in [0.5, 0.6) is 5.75 Å². The average Bonchev–Trinajstić information content (AvgIpc) is 3.20. The lowest BCUT2D eigenvalue weighted by molar-refractivity contribution is 0.0951. The van der Waals surface area contributed by atoms with Crippen LogP contribution in [0.2, 0.25) is 0 Å². The second-order valence-electron chi connectivity index (χ2n) is 8.16. The monoisotopic (exact) mass is 432 g/mol. The fourth-order valence-corrected chi connectivity index (χ4v) is 5.09. The van der Waals surface area contributed by atoms with Crippen molar-refractivity contribution in [2.24, 2.45) is 5.41 Å². The molecule has 2 aromatic carbocycles. The third kappa shape index (κ3) is 3.00. The Balaban J connectivity index is 1.75. The number of carbonyl (C=O) groups excluding carboxylic acids is 1. The summed E-state index contributed by atoms with van der Waals surface area (Å²) in [6.45, 7) is 0. The van der Waals surface area contributed by atoms with Crippen LogP contribution in [0.15, 0.2) is 79.1 Å². The molecule has 0 radical (unpaired) electrons. The van der Waals surface area contributed by atoms with Crippen molar-refractivity contribution in [1.29, 1.82) is 10.5 Å². The molecular formula is C27H20N4O2. The number of pyridine rings is 1. The molecule has 2 aliphatic heterocycles. The van der Waals surface area contributed by atoms with Gasteiger partial charge in [-0.3, -0.25) is 9.78 Å². The lowest BCUT2D eigenvalue weighted by Crippen LogP contribution is -2.44. The molecule has 0 unspecified atom stereocenters. The molecule has 0 bridgehead atoms. The van der Waals surface area contributed by atoms with Gasteiger partial charge in [0.05, 0.1) is 25.3 Å². The number of fused-ring (bicyclic) bond motifs is 3. The van der Waals surface area contributed by atoms with Crippen LogP contribution in [0.3, 0.4) is 0 Å². The zero-order valence-corrected chi connectivity index (χ0v) is 17.9. The number of para-hydroxylation sites is 1. The first-order valence-corrected chi connectivity index (χ1v) is 10.6. The van der Waals surface area contributed by atoms with Crippen LogP contribution in [-0.4, -0.2) is 30.0 Å². The Labute approximate surface area is 192 Å². The number of nitriles is 2. The van der Waals surface area contributed by atoms with Crippen molar-refractivity contribution in [1.82, 2.24) is 4.98 Å². The van der Waals surface area contributed by atoms with E-state index in [-0.39, 0.29) is 5.78 Å². The summed E-state index contributed by atoms with van der Waals surface area (Å²) in [5, 5.41) is 20.8. The summed E-state index contributed by atoms with van der Waals surface area (Å²) in [5.41, 5.74) is 1.48. The van der Waals surface area contributed by atoms with Crippen LogP contribution < -0.4 is 9.64 Å². The lowest BCUT2D eigenvalue weighted by atomic mass is 9.69. The molecule has 6 nitrogen and oxygen atoms in total. The topological polar surface area (TPSA) is 90.0 Å². The molecule has 33 heavy (non-hydrogen) atoms. The molecule has 1 fully saturated rings. The predicted molar refractivity (Wildman–Crippen MR) is 123 cm³/mol. The molecule has 0 spiro atoms. The Morgan fingerprint density at radius 3 is 2.48 bits per heavy atom. The zero-order chi connectivity index (χ0) is 23.0. The molecule has 0 amide bonds.